The van der Waals surface area contributed by atoms with E-state index in [4.69, 9.17) is 14.2 Å². The smallest absolute Gasteiger partial charge is 0.262 e. The number of nitrogens with zero attached hydrogens (tertiary/aromatic N) is 4. The number of methoxy groups -OCH3 is 3. The maximum atomic E-state index is 13.8. The second-order valence-electron chi connectivity index (χ2n) is 8.46. The van der Waals surface area contributed by atoms with Crippen molar-refractivity contribution in [2.45, 2.75) is 42.2 Å². The number of aromatic hydroxyl groups is 2. The van der Waals surface area contributed by atoms with Crippen LogP contribution in [0, 0.1) is 0 Å². The van der Waals surface area contributed by atoms with Crippen LogP contribution < -0.4 is 25.3 Å². The van der Waals surface area contributed by atoms with Gasteiger partial charge >= 0.3 is 0 Å². The van der Waals surface area contributed by atoms with Gasteiger partial charge in [0.2, 0.25) is 11.8 Å². The number of ether oxygens (including phenoxy) is 3. The van der Waals surface area contributed by atoms with Crippen LogP contribution in [-0.4, -0.2) is 62.2 Å². The minimum absolute atomic E-state index is 0.157. The second kappa shape index (κ2) is 10.2. The van der Waals surface area contributed by atoms with E-state index in [1.165, 1.54) is 54.0 Å². The third-order valence-electron chi connectivity index (χ3n) is 6.44. The Bertz CT molecular complexity index is 1410. The zero-order valence-electron chi connectivity index (χ0n) is 20.5. The van der Waals surface area contributed by atoms with Crippen LogP contribution in [0.5, 0.6) is 29.0 Å². The van der Waals surface area contributed by atoms with E-state index in [0.717, 1.165) is 24.3 Å². The summed E-state index contributed by atoms with van der Waals surface area (Å²) in [5.74, 6) is 0.166. The average molecular weight is 547 g/mol. The molecule has 2 N–H and O–H groups in total. The molecule has 0 bridgehead atoms. The number of hydrogen-bond acceptors (Lipinski definition) is 11. The summed E-state index contributed by atoms with van der Waals surface area (Å²) in [5.41, 5.74) is -1.03. The molecule has 0 amide bonds. The van der Waals surface area contributed by atoms with E-state index in [2.05, 4.69) is 9.97 Å². The van der Waals surface area contributed by atoms with Gasteiger partial charge in [0.15, 0.2) is 21.8 Å². The number of aromatic nitrogens is 4. The van der Waals surface area contributed by atoms with Gasteiger partial charge in [0, 0.05) is 36.2 Å². The van der Waals surface area contributed by atoms with Crippen molar-refractivity contribution in [1.82, 2.24) is 19.1 Å². The van der Waals surface area contributed by atoms with Crippen LogP contribution in [0.1, 0.15) is 35.4 Å². The van der Waals surface area contributed by atoms with Gasteiger partial charge in [-0.05, 0) is 18.9 Å². The van der Waals surface area contributed by atoms with Crippen LogP contribution in [-0.2, 0) is 13.1 Å². The monoisotopic (exact) mass is 546 g/mol. The number of rotatable bonds is 6. The van der Waals surface area contributed by atoms with Crippen molar-refractivity contribution in [1.29, 1.82) is 0 Å². The zero-order valence-corrected chi connectivity index (χ0v) is 22.1. The van der Waals surface area contributed by atoms with Crippen molar-refractivity contribution in [3.63, 3.8) is 0 Å². The van der Waals surface area contributed by atoms with Gasteiger partial charge in [-0.2, -0.15) is 9.97 Å². The van der Waals surface area contributed by atoms with E-state index >= 15 is 0 Å². The number of hydrogen-bond donors (Lipinski definition) is 2. The molecule has 0 saturated heterocycles. The van der Waals surface area contributed by atoms with Gasteiger partial charge in [0.05, 0.1) is 38.4 Å². The van der Waals surface area contributed by atoms with Gasteiger partial charge in [0.25, 0.3) is 11.1 Å². The van der Waals surface area contributed by atoms with Crippen molar-refractivity contribution in [2.75, 3.05) is 32.8 Å². The Morgan fingerprint density at radius 3 is 1.70 bits per heavy atom. The Morgan fingerprint density at radius 2 is 1.24 bits per heavy atom. The van der Waals surface area contributed by atoms with Crippen molar-refractivity contribution in [2.24, 2.45) is 0 Å². The molecule has 2 aliphatic rings. The van der Waals surface area contributed by atoms with Gasteiger partial charge < -0.3 is 24.4 Å². The summed E-state index contributed by atoms with van der Waals surface area (Å²) in [6.07, 6.45) is 1.50. The standard InChI is InChI=1S/C24H26N4O7S2/c1-33-13-11-15(35-3)14(34-2)10-12(13)16(17-19(29)25-23-27(21(17)31)6-4-8-36-23)18-20(30)26-24-28(22(18)32)7-5-9-37-24/h10-11,16,29-30H,4-9H2,1-3H3. The van der Waals surface area contributed by atoms with Crippen molar-refractivity contribution in [3.8, 4) is 29.0 Å². The number of benzene rings is 1. The van der Waals surface area contributed by atoms with Crippen LogP contribution in [0.3, 0.4) is 0 Å². The molecule has 13 heteroatoms. The first kappa shape index (κ1) is 25.3. The van der Waals surface area contributed by atoms with Crippen LogP contribution in [0.4, 0.5) is 0 Å². The lowest BCUT2D eigenvalue weighted by atomic mass is 9.85. The normalized spacial score (nSPS) is 14.7. The molecule has 37 heavy (non-hydrogen) atoms. The third kappa shape index (κ3) is 4.29. The highest BCUT2D eigenvalue weighted by molar-refractivity contribution is 7.99. The first-order chi connectivity index (χ1) is 17.9. The van der Waals surface area contributed by atoms with Crippen molar-refractivity contribution >= 4 is 23.5 Å². The van der Waals surface area contributed by atoms with E-state index in [0.29, 0.717) is 40.5 Å². The molecular formula is C24H26N4O7S2. The molecule has 0 aliphatic carbocycles. The Morgan fingerprint density at radius 1 is 0.784 bits per heavy atom. The SMILES string of the molecule is COc1cc(OC)c(C(c2c(O)nc3n(c2=O)CCCS3)c2c(O)nc3n(c2=O)CCCS3)cc1OC. The second-order valence-corrected chi connectivity index (χ2v) is 10.6. The Labute approximate surface area is 220 Å². The first-order valence-electron chi connectivity index (χ1n) is 11.6. The molecule has 3 aromatic rings. The summed E-state index contributed by atoms with van der Waals surface area (Å²) in [6.45, 7) is 0.836. The predicted molar refractivity (Wildman–Crippen MR) is 138 cm³/mol. The summed E-state index contributed by atoms with van der Waals surface area (Å²) in [7, 11) is 4.36. The predicted octanol–water partition coefficient (Wildman–Crippen LogP) is 2.41. The molecule has 0 radical (unpaired) electrons. The van der Waals surface area contributed by atoms with Crippen LogP contribution in [0.15, 0.2) is 32.0 Å². The summed E-state index contributed by atoms with van der Waals surface area (Å²) >= 11 is 2.75. The molecule has 11 nitrogen and oxygen atoms in total. The first-order valence-corrected chi connectivity index (χ1v) is 13.6. The van der Waals surface area contributed by atoms with Crippen molar-refractivity contribution < 1.29 is 24.4 Å². The van der Waals surface area contributed by atoms with Gasteiger partial charge in [-0.15, -0.1) is 0 Å². The van der Waals surface area contributed by atoms with Gasteiger partial charge in [-0.3, -0.25) is 18.7 Å². The summed E-state index contributed by atoms with van der Waals surface area (Å²) in [6, 6.07) is 3.13. The van der Waals surface area contributed by atoms with Crippen molar-refractivity contribution in [3.05, 3.63) is 49.5 Å². The number of fused-ring (bicyclic) bond motifs is 2. The Hall–Kier alpha value is -3.32. The fraction of sp³-hybridized carbons (Fsp3) is 0.417. The van der Waals surface area contributed by atoms with Crippen LogP contribution in [0.25, 0.3) is 0 Å². The summed E-state index contributed by atoms with van der Waals surface area (Å²) < 4.78 is 19.5. The molecule has 1 aromatic carbocycles. The molecule has 5 rings (SSSR count). The van der Waals surface area contributed by atoms with E-state index in [9.17, 15) is 19.8 Å². The lowest BCUT2D eigenvalue weighted by Gasteiger charge is -2.26. The molecule has 0 saturated carbocycles. The molecular weight excluding hydrogens is 520 g/mol. The fourth-order valence-electron chi connectivity index (χ4n) is 4.70. The van der Waals surface area contributed by atoms with E-state index in [1.807, 2.05) is 0 Å². The fourth-order valence-corrected chi connectivity index (χ4v) is 6.58. The highest BCUT2D eigenvalue weighted by Crippen LogP contribution is 2.45. The lowest BCUT2D eigenvalue weighted by molar-refractivity contribution is 0.346. The maximum absolute atomic E-state index is 13.8. The van der Waals surface area contributed by atoms with Crippen LogP contribution >= 0.6 is 23.5 Å². The molecule has 0 unspecified atom stereocenters. The summed E-state index contributed by atoms with van der Waals surface area (Å²) in [4.78, 5) is 36.3. The molecule has 4 heterocycles. The third-order valence-corrected chi connectivity index (χ3v) is 8.56. The van der Waals surface area contributed by atoms with E-state index in [1.54, 1.807) is 12.1 Å². The number of thioether (sulfide) groups is 2. The molecule has 0 spiro atoms. The van der Waals surface area contributed by atoms with E-state index < -0.39 is 28.8 Å². The minimum Gasteiger partial charge on any atom is -0.496 e. The molecule has 2 aromatic heterocycles. The van der Waals surface area contributed by atoms with Crippen LogP contribution in [0.2, 0.25) is 0 Å². The maximum Gasteiger partial charge on any atom is 0.262 e. The quantitative estimate of drug-likeness (QED) is 0.441. The lowest BCUT2D eigenvalue weighted by Crippen LogP contribution is -2.35. The average Bonchev–Trinajstić information content (AvgIpc) is 2.91. The zero-order chi connectivity index (χ0) is 26.3. The largest absolute Gasteiger partial charge is 0.496 e. The molecule has 0 atom stereocenters. The van der Waals surface area contributed by atoms with Gasteiger partial charge in [-0.1, -0.05) is 23.5 Å². The molecule has 0 fully saturated rings. The topological polar surface area (TPSA) is 138 Å². The van der Waals surface area contributed by atoms with Gasteiger partial charge in [-0.25, -0.2) is 0 Å². The van der Waals surface area contributed by atoms with E-state index in [-0.39, 0.29) is 16.9 Å². The highest BCUT2D eigenvalue weighted by Gasteiger charge is 2.36. The molecule has 196 valence electrons. The minimum atomic E-state index is -1.26. The molecule has 2 aliphatic heterocycles. The Balaban J connectivity index is 1.88. The summed E-state index contributed by atoms with van der Waals surface area (Å²) in [5, 5.41) is 23.0. The highest BCUT2D eigenvalue weighted by atomic mass is 32.2. The van der Waals surface area contributed by atoms with Gasteiger partial charge in [0.1, 0.15) is 5.75 Å². The Kier molecular flexibility index (Phi) is 6.99.